The number of halogens is 2. The van der Waals surface area contributed by atoms with Crippen molar-refractivity contribution in [3.8, 4) is 0 Å². The summed E-state index contributed by atoms with van der Waals surface area (Å²) in [6.45, 7) is 1.91. The summed E-state index contributed by atoms with van der Waals surface area (Å²) in [6, 6.07) is 5.73. The number of fused-ring (bicyclic) bond motifs is 1. The summed E-state index contributed by atoms with van der Waals surface area (Å²) in [5.41, 5.74) is 8.29. The first-order chi connectivity index (χ1) is 6.58. The normalized spacial score (nSPS) is 10.8. The van der Waals surface area contributed by atoms with Gasteiger partial charge in [-0.3, -0.25) is 4.98 Å². The molecule has 1 aromatic carbocycles. The lowest BCUT2D eigenvalue weighted by molar-refractivity contribution is 1.26. The van der Waals surface area contributed by atoms with Crippen molar-refractivity contribution < 1.29 is 0 Å². The number of aryl methyl sites for hydroxylation is 1. The third kappa shape index (κ3) is 1.66. The molecule has 0 aliphatic carbocycles. The third-order valence-corrected chi connectivity index (χ3v) is 2.90. The Labute approximate surface area is 101 Å². The average molecular weight is 319 g/mol. The zero-order valence-electron chi connectivity index (χ0n) is 7.51. The van der Waals surface area contributed by atoms with Crippen molar-refractivity contribution in [2.45, 2.75) is 6.92 Å². The Kier molecular flexibility index (Phi) is 2.53. The molecule has 1 aromatic heterocycles. The van der Waals surface area contributed by atoms with Crippen LogP contribution in [0.2, 0.25) is 5.02 Å². The smallest absolute Gasteiger partial charge is 0.0912 e. The van der Waals surface area contributed by atoms with E-state index in [4.69, 9.17) is 17.3 Å². The topological polar surface area (TPSA) is 38.9 Å². The molecule has 0 atom stereocenters. The summed E-state index contributed by atoms with van der Waals surface area (Å²) in [4.78, 5) is 4.36. The van der Waals surface area contributed by atoms with Crippen LogP contribution in [-0.4, -0.2) is 4.98 Å². The lowest BCUT2D eigenvalue weighted by Gasteiger charge is -2.05. The molecular formula is C10H8ClIN2. The lowest BCUT2D eigenvalue weighted by atomic mass is 10.1. The van der Waals surface area contributed by atoms with Gasteiger partial charge in [-0.25, -0.2) is 0 Å². The standard InChI is InChI=1S/C10H8ClIN2/c1-5-2-9(13)7-3-6(12)4-8(11)10(7)14-5/h2-4H,1H3,(H2,13,14). The van der Waals surface area contributed by atoms with Gasteiger partial charge in [-0.15, -0.1) is 0 Å². The first-order valence-electron chi connectivity index (χ1n) is 4.10. The van der Waals surface area contributed by atoms with Gasteiger partial charge in [0.05, 0.1) is 10.5 Å². The molecule has 2 nitrogen and oxygen atoms in total. The van der Waals surface area contributed by atoms with E-state index < -0.39 is 0 Å². The fourth-order valence-corrected chi connectivity index (χ4v) is 2.48. The highest BCUT2D eigenvalue weighted by atomic mass is 127. The molecule has 0 unspecified atom stereocenters. The van der Waals surface area contributed by atoms with Crippen LogP contribution >= 0.6 is 34.2 Å². The van der Waals surface area contributed by atoms with Crippen molar-refractivity contribution in [1.29, 1.82) is 0 Å². The molecule has 0 fully saturated rings. The number of hydrogen-bond donors (Lipinski definition) is 1. The highest BCUT2D eigenvalue weighted by Crippen LogP contribution is 2.28. The number of aromatic nitrogens is 1. The highest BCUT2D eigenvalue weighted by Gasteiger charge is 2.06. The molecular weight excluding hydrogens is 310 g/mol. The Hall–Kier alpha value is -0.550. The van der Waals surface area contributed by atoms with E-state index in [9.17, 15) is 0 Å². The van der Waals surface area contributed by atoms with Crippen molar-refractivity contribution >= 4 is 50.8 Å². The van der Waals surface area contributed by atoms with Crippen LogP contribution in [0.4, 0.5) is 5.69 Å². The Morgan fingerprint density at radius 1 is 1.36 bits per heavy atom. The van der Waals surface area contributed by atoms with Gasteiger partial charge in [0.25, 0.3) is 0 Å². The van der Waals surface area contributed by atoms with Gasteiger partial charge in [0.15, 0.2) is 0 Å². The summed E-state index contributed by atoms with van der Waals surface area (Å²) < 4.78 is 1.07. The molecule has 2 rings (SSSR count). The van der Waals surface area contributed by atoms with E-state index in [1.807, 2.05) is 25.1 Å². The molecule has 0 saturated carbocycles. The predicted molar refractivity (Wildman–Crippen MR) is 68.6 cm³/mol. The summed E-state index contributed by atoms with van der Waals surface area (Å²) in [7, 11) is 0. The second kappa shape index (κ2) is 3.55. The first-order valence-corrected chi connectivity index (χ1v) is 5.55. The van der Waals surface area contributed by atoms with E-state index in [2.05, 4.69) is 27.6 Å². The number of nitrogen functional groups attached to an aromatic ring is 1. The largest absolute Gasteiger partial charge is 0.398 e. The number of nitrogens with zero attached hydrogens (tertiary/aromatic N) is 1. The number of anilines is 1. The Morgan fingerprint density at radius 3 is 2.79 bits per heavy atom. The molecule has 0 amide bonds. The van der Waals surface area contributed by atoms with Crippen LogP contribution < -0.4 is 5.73 Å². The fraction of sp³-hybridized carbons (Fsp3) is 0.100. The second-order valence-corrected chi connectivity index (χ2v) is 4.79. The van der Waals surface area contributed by atoms with E-state index in [-0.39, 0.29) is 0 Å². The monoisotopic (exact) mass is 318 g/mol. The number of rotatable bonds is 0. The van der Waals surface area contributed by atoms with Crippen LogP contribution in [0.15, 0.2) is 18.2 Å². The molecule has 72 valence electrons. The number of benzene rings is 1. The summed E-state index contributed by atoms with van der Waals surface area (Å²) >= 11 is 8.29. The van der Waals surface area contributed by atoms with Gasteiger partial charge in [-0.1, -0.05) is 11.6 Å². The minimum atomic E-state index is 0.655. The number of nitrogens with two attached hydrogens (primary N) is 1. The van der Waals surface area contributed by atoms with Crippen molar-refractivity contribution in [2.75, 3.05) is 5.73 Å². The van der Waals surface area contributed by atoms with Gasteiger partial charge >= 0.3 is 0 Å². The Balaban J connectivity index is 2.94. The zero-order chi connectivity index (χ0) is 10.3. The average Bonchev–Trinajstić information content (AvgIpc) is 2.07. The van der Waals surface area contributed by atoms with Gasteiger partial charge in [-0.2, -0.15) is 0 Å². The number of pyridine rings is 1. The molecule has 0 saturated heterocycles. The van der Waals surface area contributed by atoms with Crippen LogP contribution in [0.3, 0.4) is 0 Å². The van der Waals surface area contributed by atoms with Gasteiger partial charge in [0.1, 0.15) is 0 Å². The molecule has 14 heavy (non-hydrogen) atoms. The maximum Gasteiger partial charge on any atom is 0.0912 e. The molecule has 4 heteroatoms. The maximum atomic E-state index is 6.08. The molecule has 0 aliphatic rings. The molecule has 0 spiro atoms. The van der Waals surface area contributed by atoms with Crippen LogP contribution in [0, 0.1) is 10.5 Å². The van der Waals surface area contributed by atoms with E-state index in [0.717, 1.165) is 25.9 Å². The minimum Gasteiger partial charge on any atom is -0.398 e. The highest BCUT2D eigenvalue weighted by molar-refractivity contribution is 14.1. The lowest BCUT2D eigenvalue weighted by Crippen LogP contribution is -1.93. The number of hydrogen-bond acceptors (Lipinski definition) is 2. The fourth-order valence-electron chi connectivity index (χ4n) is 1.41. The molecule has 0 radical (unpaired) electrons. The van der Waals surface area contributed by atoms with E-state index in [1.54, 1.807) is 0 Å². The predicted octanol–water partition coefficient (Wildman–Crippen LogP) is 3.38. The van der Waals surface area contributed by atoms with Crippen molar-refractivity contribution in [1.82, 2.24) is 4.98 Å². The molecule has 0 bridgehead atoms. The SMILES string of the molecule is Cc1cc(N)c2cc(I)cc(Cl)c2n1. The van der Waals surface area contributed by atoms with Gasteiger partial charge in [-0.05, 0) is 47.7 Å². The Bertz CT molecular complexity index is 464. The molecule has 2 aromatic rings. The van der Waals surface area contributed by atoms with Crippen LogP contribution in [0.25, 0.3) is 10.9 Å². The van der Waals surface area contributed by atoms with Crippen molar-refractivity contribution in [3.05, 3.63) is 32.5 Å². The maximum absolute atomic E-state index is 6.08. The summed E-state index contributed by atoms with van der Waals surface area (Å²) in [5.74, 6) is 0. The summed E-state index contributed by atoms with van der Waals surface area (Å²) in [5, 5.41) is 1.58. The van der Waals surface area contributed by atoms with Gasteiger partial charge in [0.2, 0.25) is 0 Å². The summed E-state index contributed by atoms with van der Waals surface area (Å²) in [6.07, 6.45) is 0. The Morgan fingerprint density at radius 2 is 2.07 bits per heavy atom. The van der Waals surface area contributed by atoms with Crippen LogP contribution in [0.1, 0.15) is 5.69 Å². The molecule has 0 aliphatic heterocycles. The molecule has 1 heterocycles. The first kappa shape index (κ1) is 9.98. The van der Waals surface area contributed by atoms with Crippen molar-refractivity contribution in [2.24, 2.45) is 0 Å². The van der Waals surface area contributed by atoms with Crippen LogP contribution in [0.5, 0.6) is 0 Å². The van der Waals surface area contributed by atoms with Crippen LogP contribution in [-0.2, 0) is 0 Å². The van der Waals surface area contributed by atoms with E-state index >= 15 is 0 Å². The zero-order valence-corrected chi connectivity index (χ0v) is 10.4. The minimum absolute atomic E-state index is 0.655. The van der Waals surface area contributed by atoms with E-state index in [0.29, 0.717) is 5.02 Å². The quantitative estimate of drug-likeness (QED) is 0.756. The second-order valence-electron chi connectivity index (χ2n) is 3.14. The third-order valence-electron chi connectivity index (χ3n) is 1.99. The van der Waals surface area contributed by atoms with Gasteiger partial charge < -0.3 is 5.73 Å². The van der Waals surface area contributed by atoms with Crippen molar-refractivity contribution in [3.63, 3.8) is 0 Å². The molecule has 2 N–H and O–H groups in total. The van der Waals surface area contributed by atoms with Gasteiger partial charge in [0, 0.05) is 20.3 Å². The van der Waals surface area contributed by atoms with E-state index in [1.165, 1.54) is 0 Å².